The molecular weight excluding hydrogens is 421 g/mol. The quantitative estimate of drug-likeness (QED) is 0.551. The third-order valence-electron chi connectivity index (χ3n) is 3.36. The topological polar surface area (TPSA) is 27.6 Å². The third kappa shape index (κ3) is 5.19. The van der Waals surface area contributed by atoms with Crippen LogP contribution < -0.4 is 10.4 Å². The molecule has 0 fully saturated rings. The van der Waals surface area contributed by atoms with Crippen LogP contribution in [0.1, 0.15) is 18.5 Å². The molecule has 1 atom stereocenters. The van der Waals surface area contributed by atoms with Crippen molar-refractivity contribution >= 4 is 54.6 Å². The number of thioether (sulfide) groups is 4. The van der Waals surface area contributed by atoms with E-state index in [9.17, 15) is 12.9 Å². The maximum atomic E-state index is 9.67. The predicted molar refractivity (Wildman–Crippen MR) is 104 cm³/mol. The molecule has 0 bridgehead atoms. The smallest absolute Gasteiger partial charge is 0.762 e. The minimum Gasteiger partial charge on any atom is -1.00 e. The third-order valence-corrected chi connectivity index (χ3v) is 8.98. The molecule has 2 aromatic carbocycles. The number of fused-ring (bicyclic) bond motifs is 2. The molecule has 2 heterocycles. The highest BCUT2D eigenvalue weighted by Crippen LogP contribution is 2.61. The second-order valence-corrected chi connectivity index (χ2v) is 10.0. The van der Waals surface area contributed by atoms with Crippen LogP contribution in [0.2, 0.25) is 0 Å². The minimum atomic E-state index is -3.67. The number of hydrogen-bond donors (Lipinski definition) is 1. The van der Waals surface area contributed by atoms with Crippen molar-refractivity contribution in [3.05, 3.63) is 56.5 Å². The molecule has 0 radical (unpaired) electrons. The highest BCUT2D eigenvalue weighted by Gasteiger charge is 2.27. The van der Waals surface area contributed by atoms with Crippen LogP contribution in [0.15, 0.2) is 70.5 Å². The molecule has 0 saturated heterocycles. The molecule has 0 spiro atoms. The van der Waals surface area contributed by atoms with Crippen LogP contribution in [-0.2, 0) is 0 Å². The van der Waals surface area contributed by atoms with Crippen LogP contribution in [0.25, 0.3) is 0 Å². The number of rotatable bonds is 1. The van der Waals surface area contributed by atoms with Gasteiger partial charge in [0.1, 0.15) is 6.04 Å². The first-order valence-corrected chi connectivity index (χ1v) is 10.6. The number of hydrogen-bond acceptors (Lipinski definition) is 4. The average Bonchev–Trinajstić information content (AvgIpc) is 3.17. The molecule has 26 heavy (non-hydrogen) atoms. The van der Waals surface area contributed by atoms with Gasteiger partial charge < -0.3 is 10.4 Å². The Kier molecular flexibility index (Phi) is 7.90. The molecule has 2 aliphatic rings. The number of benzene rings is 2. The molecule has 2 aliphatic heterocycles. The second-order valence-electron chi connectivity index (χ2n) is 5.28. The fraction of sp³-hybridized carbons (Fsp3) is 0.125. The zero-order chi connectivity index (χ0) is 18.0. The van der Waals surface area contributed by atoms with Crippen LogP contribution in [-0.4, -0.2) is 7.54 Å². The van der Waals surface area contributed by atoms with Gasteiger partial charge in [-0.2, -0.15) is 0 Å². The summed E-state index contributed by atoms with van der Waals surface area (Å²) in [6.07, 6.45) is 0. The summed E-state index contributed by atoms with van der Waals surface area (Å²) < 4.78 is 31.8. The standard InChI is InChI=1S/C16H13NS4.BF3.FH/c1-9(17)10-6-7-13-14(8-10)21-16(20-13)15-18-11-4-2-3-5-12(11)19-15;2-1(3)4;/h2-9H,17H2,1H3;;1H. The van der Waals surface area contributed by atoms with Gasteiger partial charge in [-0.3, -0.25) is 12.9 Å². The maximum Gasteiger partial charge on any atom is 0.762 e. The van der Waals surface area contributed by atoms with E-state index in [4.69, 9.17) is 0 Å². The molecule has 4 rings (SSSR count). The Balaban J connectivity index is 0.000000444. The van der Waals surface area contributed by atoms with E-state index >= 15 is 0 Å². The molecule has 0 aromatic heterocycles. The average molecular weight is 435 g/mol. The summed E-state index contributed by atoms with van der Waals surface area (Å²) in [7, 11) is -3.67. The molecule has 1 nitrogen and oxygen atoms in total. The summed E-state index contributed by atoms with van der Waals surface area (Å²) in [5, 5.41) is 0. The lowest BCUT2D eigenvalue weighted by Gasteiger charge is -2.03. The molecule has 2 aromatic rings. The number of halogens is 4. The lowest BCUT2D eigenvalue weighted by Crippen LogP contribution is -3.00. The van der Waals surface area contributed by atoms with Crippen molar-refractivity contribution < 1.29 is 23.4 Å². The summed E-state index contributed by atoms with van der Waals surface area (Å²) in [5.41, 5.74) is 5.44. The van der Waals surface area contributed by atoms with Crippen molar-refractivity contribution in [3.8, 4) is 0 Å². The van der Waals surface area contributed by atoms with Crippen LogP contribution in [0.4, 0.5) is 12.9 Å². The molecule has 10 heteroatoms. The fourth-order valence-electron chi connectivity index (χ4n) is 2.22. The van der Waals surface area contributed by atoms with Crippen molar-refractivity contribution in [1.82, 2.24) is 0 Å². The molecule has 1 unspecified atom stereocenters. The largest absolute Gasteiger partial charge is 1.00 e. The Hall–Kier alpha value is -0.675. The summed E-state index contributed by atoms with van der Waals surface area (Å²) in [4.78, 5) is 5.53. The lowest BCUT2D eigenvalue weighted by atomic mass is 10.1. The van der Waals surface area contributed by atoms with Crippen LogP contribution in [0, 0.1) is 0 Å². The highest BCUT2D eigenvalue weighted by atomic mass is 32.2. The van der Waals surface area contributed by atoms with Crippen molar-refractivity contribution in [1.29, 1.82) is 0 Å². The Morgan fingerprint density at radius 2 is 1.23 bits per heavy atom. The highest BCUT2D eigenvalue weighted by molar-refractivity contribution is 8.30. The van der Waals surface area contributed by atoms with E-state index in [1.165, 1.54) is 33.6 Å². The van der Waals surface area contributed by atoms with Gasteiger partial charge in [0, 0.05) is 25.1 Å². The zero-order valence-corrected chi connectivity index (χ0v) is 16.8. The molecule has 3 N–H and O–H groups in total. The van der Waals surface area contributed by atoms with E-state index in [-0.39, 0.29) is 4.70 Å². The summed E-state index contributed by atoms with van der Waals surface area (Å²) in [6, 6.07) is 15.8. The van der Waals surface area contributed by atoms with E-state index in [1.54, 1.807) is 0 Å². The fourth-order valence-corrected chi connectivity index (χ4v) is 7.55. The van der Waals surface area contributed by atoms with Gasteiger partial charge in [0.05, 0.1) is 8.47 Å². The van der Waals surface area contributed by atoms with E-state index in [2.05, 4.69) is 55.1 Å². The Morgan fingerprint density at radius 3 is 1.69 bits per heavy atom. The summed E-state index contributed by atoms with van der Waals surface area (Å²) >= 11 is 7.62. The van der Waals surface area contributed by atoms with Crippen LogP contribution >= 0.6 is 47.0 Å². The summed E-state index contributed by atoms with van der Waals surface area (Å²) in [6.45, 7) is 2.15. The molecular formula is C16H14BF4NS4. The minimum absolute atomic E-state index is 0. The molecule has 0 saturated carbocycles. The van der Waals surface area contributed by atoms with Gasteiger partial charge in [-0.25, -0.2) is 0 Å². The SMILES string of the molecule is CC([NH3+])c1ccc2c(c1)SC(=C1Sc3ccccc3S1)S2.FB(F)F.[F-]. The van der Waals surface area contributed by atoms with Gasteiger partial charge in [-0.05, 0) is 31.2 Å². The van der Waals surface area contributed by atoms with Crippen molar-refractivity contribution in [2.75, 3.05) is 0 Å². The second kappa shape index (κ2) is 9.50. The predicted octanol–water partition coefficient (Wildman–Crippen LogP) is 3.10. The van der Waals surface area contributed by atoms with Gasteiger partial charge in [0.25, 0.3) is 0 Å². The van der Waals surface area contributed by atoms with E-state index in [1.807, 2.05) is 47.0 Å². The van der Waals surface area contributed by atoms with E-state index < -0.39 is 7.54 Å². The first-order chi connectivity index (χ1) is 11.9. The summed E-state index contributed by atoms with van der Waals surface area (Å²) in [5.74, 6) is 0. The van der Waals surface area contributed by atoms with Crippen LogP contribution in [0.5, 0.6) is 0 Å². The van der Waals surface area contributed by atoms with Crippen LogP contribution in [0.3, 0.4) is 0 Å². The first-order valence-electron chi connectivity index (χ1n) is 7.38. The first kappa shape index (κ1) is 21.6. The molecule has 138 valence electrons. The van der Waals surface area contributed by atoms with Gasteiger partial charge in [0.2, 0.25) is 0 Å². The maximum absolute atomic E-state index is 9.67. The lowest BCUT2D eigenvalue weighted by molar-refractivity contribution is -0.420. The molecule has 0 amide bonds. The van der Waals surface area contributed by atoms with E-state index in [0.29, 0.717) is 6.04 Å². The number of quaternary nitrogens is 1. The Labute approximate surface area is 166 Å². The van der Waals surface area contributed by atoms with Crippen molar-refractivity contribution in [3.63, 3.8) is 0 Å². The van der Waals surface area contributed by atoms with Crippen molar-refractivity contribution in [2.45, 2.75) is 32.5 Å². The zero-order valence-electron chi connectivity index (χ0n) is 13.5. The van der Waals surface area contributed by atoms with Gasteiger partial charge in [-0.1, -0.05) is 65.2 Å². The van der Waals surface area contributed by atoms with Gasteiger partial charge >= 0.3 is 7.54 Å². The monoisotopic (exact) mass is 435 g/mol. The van der Waals surface area contributed by atoms with Gasteiger partial charge in [0.15, 0.2) is 0 Å². The van der Waals surface area contributed by atoms with Crippen molar-refractivity contribution in [2.24, 2.45) is 0 Å². The Morgan fingerprint density at radius 1 is 0.808 bits per heavy atom. The van der Waals surface area contributed by atoms with E-state index in [0.717, 1.165) is 0 Å². The van der Waals surface area contributed by atoms with Gasteiger partial charge in [-0.15, -0.1) is 0 Å². The molecule has 0 aliphatic carbocycles. The Bertz CT molecular complexity index is 787. The normalized spacial score (nSPS) is 15.4.